The molecule has 104 valence electrons. The van der Waals surface area contributed by atoms with Crippen LogP contribution in [-0.4, -0.2) is 19.8 Å². The molecule has 3 fully saturated rings. The lowest BCUT2D eigenvalue weighted by molar-refractivity contribution is -0.489. The number of benzene rings is 1. The van der Waals surface area contributed by atoms with Gasteiger partial charge in [0.05, 0.1) is 19.8 Å². The van der Waals surface area contributed by atoms with Crippen molar-refractivity contribution in [1.82, 2.24) is 0 Å². The molecular formula is C15H19FO3. The molecule has 0 spiro atoms. The average molecular weight is 266 g/mol. The summed E-state index contributed by atoms with van der Waals surface area (Å²) in [4.78, 5) is 0. The summed E-state index contributed by atoms with van der Waals surface area (Å²) >= 11 is 0. The predicted octanol–water partition coefficient (Wildman–Crippen LogP) is 3.05. The van der Waals surface area contributed by atoms with Crippen LogP contribution in [0.2, 0.25) is 0 Å². The summed E-state index contributed by atoms with van der Waals surface area (Å²) < 4.78 is 30.5. The first-order valence-corrected chi connectivity index (χ1v) is 6.55. The predicted molar refractivity (Wildman–Crippen MR) is 67.8 cm³/mol. The van der Waals surface area contributed by atoms with Crippen LogP contribution >= 0.6 is 0 Å². The molecule has 0 aliphatic carbocycles. The van der Waals surface area contributed by atoms with Crippen molar-refractivity contribution in [3.63, 3.8) is 0 Å². The fraction of sp³-hybridized carbons (Fsp3) is 0.600. The van der Waals surface area contributed by atoms with Crippen molar-refractivity contribution in [2.24, 2.45) is 10.8 Å². The highest BCUT2D eigenvalue weighted by molar-refractivity contribution is 5.21. The lowest BCUT2D eigenvalue weighted by Gasteiger charge is -2.56. The van der Waals surface area contributed by atoms with Crippen LogP contribution in [0.25, 0.3) is 0 Å². The number of hydrogen-bond donors (Lipinski definition) is 0. The monoisotopic (exact) mass is 266 g/mol. The quantitative estimate of drug-likeness (QED) is 0.782. The van der Waals surface area contributed by atoms with E-state index in [0.29, 0.717) is 25.4 Å². The number of hydrogen-bond acceptors (Lipinski definition) is 3. The maximum Gasteiger partial charge on any atom is 0.312 e. The third kappa shape index (κ3) is 1.90. The van der Waals surface area contributed by atoms with Gasteiger partial charge in [-0.25, -0.2) is 4.39 Å². The van der Waals surface area contributed by atoms with Gasteiger partial charge in [0.2, 0.25) is 0 Å². The van der Waals surface area contributed by atoms with Gasteiger partial charge in [-0.3, -0.25) is 0 Å². The summed E-state index contributed by atoms with van der Waals surface area (Å²) in [6, 6.07) is 6.07. The first-order chi connectivity index (χ1) is 8.87. The molecule has 3 nitrogen and oxygen atoms in total. The van der Waals surface area contributed by atoms with Crippen molar-refractivity contribution in [1.29, 1.82) is 0 Å². The van der Waals surface area contributed by atoms with Gasteiger partial charge in [-0.1, -0.05) is 20.8 Å². The van der Waals surface area contributed by atoms with Crippen molar-refractivity contribution < 1.29 is 18.6 Å². The Morgan fingerprint density at radius 2 is 1.42 bits per heavy atom. The Morgan fingerprint density at radius 1 is 0.947 bits per heavy atom. The van der Waals surface area contributed by atoms with Crippen LogP contribution in [0.15, 0.2) is 24.3 Å². The molecule has 1 aromatic carbocycles. The smallest absolute Gasteiger partial charge is 0.312 e. The Bertz CT molecular complexity index is 451. The topological polar surface area (TPSA) is 27.7 Å². The van der Waals surface area contributed by atoms with E-state index in [2.05, 4.69) is 20.8 Å². The minimum atomic E-state index is -1.15. The molecule has 0 radical (unpaired) electrons. The summed E-state index contributed by atoms with van der Waals surface area (Å²) in [7, 11) is 0. The number of rotatable bonds is 1. The molecule has 0 aromatic heterocycles. The molecule has 0 N–H and O–H groups in total. The van der Waals surface area contributed by atoms with Crippen LogP contribution in [0.1, 0.15) is 26.3 Å². The van der Waals surface area contributed by atoms with Crippen molar-refractivity contribution in [2.75, 3.05) is 19.8 Å². The molecule has 3 heterocycles. The van der Waals surface area contributed by atoms with Crippen molar-refractivity contribution in [3.8, 4) is 0 Å². The number of fused-ring (bicyclic) bond motifs is 3. The molecule has 1 aromatic rings. The van der Waals surface area contributed by atoms with Gasteiger partial charge in [0.15, 0.2) is 0 Å². The molecule has 4 heteroatoms. The van der Waals surface area contributed by atoms with E-state index in [9.17, 15) is 4.39 Å². The molecule has 0 atom stereocenters. The van der Waals surface area contributed by atoms with Gasteiger partial charge >= 0.3 is 5.97 Å². The molecule has 0 saturated carbocycles. The van der Waals surface area contributed by atoms with Crippen molar-refractivity contribution >= 4 is 0 Å². The summed E-state index contributed by atoms with van der Waals surface area (Å²) in [6.45, 7) is 8.27. The highest BCUT2D eigenvalue weighted by atomic mass is 19.1. The van der Waals surface area contributed by atoms with Gasteiger partial charge in [-0.05, 0) is 29.7 Å². The van der Waals surface area contributed by atoms with E-state index in [0.717, 1.165) is 0 Å². The lowest BCUT2D eigenvalue weighted by Crippen LogP contribution is -2.62. The van der Waals surface area contributed by atoms with E-state index in [1.165, 1.54) is 12.1 Å². The van der Waals surface area contributed by atoms with Gasteiger partial charge in [-0.2, -0.15) is 0 Å². The summed E-state index contributed by atoms with van der Waals surface area (Å²) in [6.07, 6.45) is 0. The van der Waals surface area contributed by atoms with Crippen molar-refractivity contribution in [3.05, 3.63) is 35.6 Å². The van der Waals surface area contributed by atoms with Gasteiger partial charge in [0.25, 0.3) is 0 Å². The molecule has 3 aliphatic heterocycles. The van der Waals surface area contributed by atoms with E-state index >= 15 is 0 Å². The second-order valence-corrected chi connectivity index (χ2v) is 6.46. The molecule has 3 aliphatic rings. The largest absolute Gasteiger partial charge is 0.323 e. The van der Waals surface area contributed by atoms with Gasteiger partial charge in [0, 0.05) is 11.0 Å². The molecular weight excluding hydrogens is 247 g/mol. The minimum Gasteiger partial charge on any atom is -0.323 e. The molecule has 2 bridgehead atoms. The maximum absolute atomic E-state index is 13.0. The maximum atomic E-state index is 13.0. The normalized spacial score (nSPS) is 34.5. The standard InChI is InChI=1S/C15H19FO3/c1-13(2,3)14-8-17-15(18-9-14,19-10-14)11-4-6-12(16)7-5-11/h4-7H,8-10H2,1-3H3. The fourth-order valence-corrected chi connectivity index (χ4v) is 2.50. The molecule has 3 saturated heterocycles. The van der Waals surface area contributed by atoms with Crippen LogP contribution in [0.4, 0.5) is 4.39 Å². The van der Waals surface area contributed by atoms with E-state index in [1.807, 2.05) is 0 Å². The molecule has 4 rings (SSSR count). The van der Waals surface area contributed by atoms with E-state index in [1.54, 1.807) is 12.1 Å². The first-order valence-electron chi connectivity index (χ1n) is 6.55. The molecule has 0 amide bonds. The highest BCUT2D eigenvalue weighted by Crippen LogP contribution is 2.51. The Hall–Kier alpha value is -0.970. The van der Waals surface area contributed by atoms with Crippen LogP contribution in [0.5, 0.6) is 0 Å². The van der Waals surface area contributed by atoms with E-state index in [4.69, 9.17) is 14.2 Å². The van der Waals surface area contributed by atoms with E-state index < -0.39 is 5.97 Å². The SMILES string of the molecule is CC(C)(C)C12COC(c3ccc(F)cc3)(OC1)OC2. The lowest BCUT2D eigenvalue weighted by atomic mass is 9.67. The number of ether oxygens (including phenoxy) is 3. The first kappa shape index (κ1) is 13.0. The Kier molecular flexibility index (Phi) is 2.75. The van der Waals surface area contributed by atoms with Crippen molar-refractivity contribution in [2.45, 2.75) is 26.7 Å². The Labute approximate surface area is 112 Å². The third-order valence-corrected chi connectivity index (χ3v) is 4.40. The molecule has 0 unspecified atom stereocenters. The zero-order valence-electron chi connectivity index (χ0n) is 11.5. The summed E-state index contributed by atoms with van der Waals surface area (Å²) in [5.74, 6) is -1.43. The second kappa shape index (κ2) is 4.01. The Balaban J connectivity index is 1.87. The Morgan fingerprint density at radius 3 is 1.84 bits per heavy atom. The fourth-order valence-electron chi connectivity index (χ4n) is 2.50. The van der Waals surface area contributed by atoms with Crippen LogP contribution < -0.4 is 0 Å². The number of halogens is 1. The van der Waals surface area contributed by atoms with Crippen LogP contribution in [-0.2, 0) is 20.2 Å². The highest BCUT2D eigenvalue weighted by Gasteiger charge is 2.57. The van der Waals surface area contributed by atoms with E-state index in [-0.39, 0.29) is 16.6 Å². The minimum absolute atomic E-state index is 0.0440. The second-order valence-electron chi connectivity index (χ2n) is 6.46. The summed E-state index contributed by atoms with van der Waals surface area (Å²) in [5.41, 5.74) is 0.632. The van der Waals surface area contributed by atoms with Crippen LogP contribution in [0.3, 0.4) is 0 Å². The third-order valence-electron chi connectivity index (χ3n) is 4.40. The van der Waals surface area contributed by atoms with Gasteiger partial charge in [0.1, 0.15) is 5.82 Å². The molecule has 19 heavy (non-hydrogen) atoms. The van der Waals surface area contributed by atoms with Crippen LogP contribution in [0, 0.1) is 16.6 Å². The average Bonchev–Trinajstić information content (AvgIpc) is 2.40. The zero-order valence-corrected chi connectivity index (χ0v) is 11.5. The summed E-state index contributed by atoms with van der Waals surface area (Å²) in [5, 5.41) is 0. The van der Waals surface area contributed by atoms with Gasteiger partial charge < -0.3 is 14.2 Å². The van der Waals surface area contributed by atoms with Gasteiger partial charge in [-0.15, -0.1) is 0 Å². The zero-order chi connectivity index (χ0) is 13.7.